The summed E-state index contributed by atoms with van der Waals surface area (Å²) in [4.78, 5) is 11.3. The lowest BCUT2D eigenvalue weighted by Crippen LogP contribution is -2.37. The van der Waals surface area contributed by atoms with Crippen LogP contribution in [0.1, 0.15) is 13.8 Å². The highest BCUT2D eigenvalue weighted by Crippen LogP contribution is 2.28. The molecule has 0 fully saturated rings. The normalized spacial score (nSPS) is 31.3. The number of rotatable bonds is 2. The Balaban J connectivity index is 2.93. The van der Waals surface area contributed by atoms with Crippen LogP contribution in [0.4, 0.5) is 0 Å². The highest BCUT2D eigenvalue weighted by molar-refractivity contribution is 5.79. The molecule has 0 aromatic carbocycles. The summed E-state index contributed by atoms with van der Waals surface area (Å²) >= 11 is 0. The number of ketones is 1. The van der Waals surface area contributed by atoms with Crippen molar-refractivity contribution in [1.82, 2.24) is 0 Å². The molecule has 1 aliphatic rings. The van der Waals surface area contributed by atoms with Gasteiger partial charge in [-0.05, 0) is 18.9 Å². The Morgan fingerprint density at radius 3 is 2.79 bits per heavy atom. The van der Waals surface area contributed by atoms with Crippen LogP contribution < -0.4 is 0 Å². The number of carbonyl (C=O) groups is 1. The third kappa shape index (κ3) is 1.94. The van der Waals surface area contributed by atoms with Crippen LogP contribution in [0.2, 0.25) is 0 Å². The van der Waals surface area contributed by atoms with Crippen molar-refractivity contribution < 1.29 is 14.3 Å². The molecule has 0 bridgehead atoms. The Kier molecular flexibility index (Phi) is 3.26. The van der Waals surface area contributed by atoms with E-state index in [2.05, 4.69) is 0 Å². The van der Waals surface area contributed by atoms with Gasteiger partial charge in [0.1, 0.15) is 11.9 Å². The van der Waals surface area contributed by atoms with E-state index in [0.29, 0.717) is 0 Å². The predicted octanol–water partition coefficient (Wildman–Crippen LogP) is 1.24. The van der Waals surface area contributed by atoms with E-state index in [1.165, 1.54) is 14.0 Å². The number of ether oxygens (including phenoxy) is 2. The number of hydrogen-bond donors (Lipinski definition) is 0. The summed E-state index contributed by atoms with van der Waals surface area (Å²) in [7, 11) is 1.47. The summed E-state index contributed by atoms with van der Waals surface area (Å²) in [6.07, 6.45) is 1.02. The fourth-order valence-electron chi connectivity index (χ4n) is 1.65. The lowest BCUT2D eigenvalue weighted by atomic mass is 9.88. The van der Waals surface area contributed by atoms with Crippen molar-refractivity contribution in [3.05, 3.63) is 11.8 Å². The maximum Gasteiger partial charge on any atom is 0.210 e. The number of methoxy groups -OCH3 is 1. The minimum Gasteiger partial charge on any atom is -0.454 e. The second-order valence-corrected chi connectivity index (χ2v) is 3.36. The smallest absolute Gasteiger partial charge is 0.210 e. The van der Waals surface area contributed by atoms with Crippen molar-refractivity contribution in [2.75, 3.05) is 7.11 Å². The summed E-state index contributed by atoms with van der Waals surface area (Å²) in [6.45, 7) is 3.37. The van der Waals surface area contributed by atoms with Gasteiger partial charge in [-0.15, -0.1) is 0 Å². The van der Waals surface area contributed by atoms with E-state index in [1.807, 2.05) is 13.0 Å². The Hall–Kier alpha value is -1.34. The zero-order valence-electron chi connectivity index (χ0n) is 8.48. The van der Waals surface area contributed by atoms with Crippen molar-refractivity contribution in [3.8, 4) is 6.07 Å². The van der Waals surface area contributed by atoms with E-state index in [1.54, 1.807) is 6.08 Å². The van der Waals surface area contributed by atoms with Crippen molar-refractivity contribution >= 4 is 5.78 Å². The molecule has 0 aliphatic carbocycles. The first kappa shape index (κ1) is 10.7. The van der Waals surface area contributed by atoms with Crippen molar-refractivity contribution in [2.45, 2.75) is 20.1 Å². The molecule has 76 valence electrons. The van der Waals surface area contributed by atoms with E-state index in [9.17, 15) is 4.79 Å². The van der Waals surface area contributed by atoms with Crippen LogP contribution in [0.3, 0.4) is 0 Å². The predicted molar refractivity (Wildman–Crippen MR) is 48.9 cm³/mol. The SMILES string of the molecule is CO[C@H]1OC(C#N)=C[C@@H](C)[C@H]1C(C)=O. The summed E-state index contributed by atoms with van der Waals surface area (Å²) in [6, 6.07) is 1.91. The second-order valence-electron chi connectivity index (χ2n) is 3.36. The van der Waals surface area contributed by atoms with Gasteiger partial charge in [-0.3, -0.25) is 4.79 Å². The molecule has 0 aromatic rings. The van der Waals surface area contributed by atoms with Gasteiger partial charge in [-0.1, -0.05) is 6.92 Å². The van der Waals surface area contributed by atoms with Crippen LogP contribution >= 0.6 is 0 Å². The van der Waals surface area contributed by atoms with Gasteiger partial charge in [0.15, 0.2) is 5.76 Å². The van der Waals surface area contributed by atoms with Crippen LogP contribution in [0, 0.1) is 23.2 Å². The molecule has 1 heterocycles. The molecule has 0 aromatic heterocycles. The third-order valence-electron chi connectivity index (χ3n) is 2.33. The average Bonchev–Trinajstić information content (AvgIpc) is 2.15. The van der Waals surface area contributed by atoms with E-state index in [0.717, 1.165) is 0 Å². The molecule has 3 atom stereocenters. The Morgan fingerprint density at radius 2 is 2.36 bits per heavy atom. The molecule has 0 spiro atoms. The summed E-state index contributed by atoms with van der Waals surface area (Å²) < 4.78 is 10.2. The Morgan fingerprint density at radius 1 is 1.71 bits per heavy atom. The van der Waals surface area contributed by atoms with Crippen LogP contribution in [0.15, 0.2) is 11.8 Å². The minimum atomic E-state index is -0.637. The van der Waals surface area contributed by atoms with Gasteiger partial charge in [-0.2, -0.15) is 5.26 Å². The van der Waals surface area contributed by atoms with Crippen molar-refractivity contribution in [2.24, 2.45) is 11.8 Å². The second kappa shape index (κ2) is 4.25. The van der Waals surface area contributed by atoms with E-state index in [-0.39, 0.29) is 23.4 Å². The molecule has 0 radical (unpaired) electrons. The average molecular weight is 195 g/mol. The number of carbonyl (C=O) groups excluding carboxylic acids is 1. The molecule has 0 amide bonds. The number of hydrogen-bond acceptors (Lipinski definition) is 4. The molecule has 1 rings (SSSR count). The first-order valence-electron chi connectivity index (χ1n) is 4.42. The molecule has 0 N–H and O–H groups in total. The molecule has 4 nitrogen and oxygen atoms in total. The van der Waals surface area contributed by atoms with Crippen LogP contribution in [-0.2, 0) is 14.3 Å². The Bertz CT molecular complexity index is 303. The minimum absolute atomic E-state index is 0.0117. The lowest BCUT2D eigenvalue weighted by Gasteiger charge is -2.31. The largest absolute Gasteiger partial charge is 0.454 e. The summed E-state index contributed by atoms with van der Waals surface area (Å²) in [5, 5.41) is 8.66. The van der Waals surface area contributed by atoms with Gasteiger partial charge in [0.05, 0.1) is 5.92 Å². The van der Waals surface area contributed by atoms with Crippen LogP contribution in [0.25, 0.3) is 0 Å². The number of allylic oxidation sites excluding steroid dienone is 2. The summed E-state index contributed by atoms with van der Waals surface area (Å²) in [5.74, 6) is -0.114. The van der Waals surface area contributed by atoms with Gasteiger partial charge in [-0.25, -0.2) is 0 Å². The topological polar surface area (TPSA) is 59.3 Å². The van der Waals surface area contributed by atoms with Gasteiger partial charge >= 0.3 is 0 Å². The van der Waals surface area contributed by atoms with E-state index >= 15 is 0 Å². The standard InChI is InChI=1S/C10H13NO3/c1-6-4-8(5-11)14-10(13-3)9(6)7(2)12/h4,6,9-10H,1-3H3/t6-,9+,10+/m1/s1. The maximum absolute atomic E-state index is 11.3. The third-order valence-corrected chi connectivity index (χ3v) is 2.33. The van der Waals surface area contributed by atoms with Gasteiger partial charge < -0.3 is 9.47 Å². The molecular formula is C10H13NO3. The van der Waals surface area contributed by atoms with Crippen LogP contribution in [-0.4, -0.2) is 19.2 Å². The molecule has 14 heavy (non-hydrogen) atoms. The number of nitrogens with zero attached hydrogens (tertiary/aromatic N) is 1. The zero-order valence-corrected chi connectivity index (χ0v) is 8.48. The van der Waals surface area contributed by atoms with Gasteiger partial charge in [0, 0.05) is 7.11 Å². The fraction of sp³-hybridized carbons (Fsp3) is 0.600. The summed E-state index contributed by atoms with van der Waals surface area (Å²) in [5.41, 5.74) is 0. The Labute approximate surface area is 83.1 Å². The van der Waals surface area contributed by atoms with Crippen molar-refractivity contribution in [3.63, 3.8) is 0 Å². The van der Waals surface area contributed by atoms with Crippen LogP contribution in [0.5, 0.6) is 0 Å². The number of Topliss-reactive ketones (excluding diaryl/α,β-unsaturated/α-hetero) is 1. The first-order chi connectivity index (χ1) is 6.60. The number of nitriles is 1. The highest BCUT2D eigenvalue weighted by Gasteiger charge is 2.35. The fourth-order valence-corrected chi connectivity index (χ4v) is 1.65. The van der Waals surface area contributed by atoms with Gasteiger partial charge in [0.2, 0.25) is 6.29 Å². The zero-order chi connectivity index (χ0) is 10.7. The molecular weight excluding hydrogens is 182 g/mol. The highest BCUT2D eigenvalue weighted by atomic mass is 16.7. The van der Waals surface area contributed by atoms with Crippen molar-refractivity contribution in [1.29, 1.82) is 5.26 Å². The molecule has 0 unspecified atom stereocenters. The first-order valence-corrected chi connectivity index (χ1v) is 4.42. The monoisotopic (exact) mass is 195 g/mol. The molecule has 4 heteroatoms. The molecule has 0 saturated carbocycles. The molecule has 0 saturated heterocycles. The van der Waals surface area contributed by atoms with E-state index in [4.69, 9.17) is 14.7 Å². The van der Waals surface area contributed by atoms with Gasteiger partial charge in [0.25, 0.3) is 0 Å². The molecule has 1 aliphatic heterocycles. The van der Waals surface area contributed by atoms with E-state index < -0.39 is 6.29 Å². The quantitative estimate of drug-likeness (QED) is 0.665. The maximum atomic E-state index is 11.3. The lowest BCUT2D eigenvalue weighted by molar-refractivity contribution is -0.160.